The van der Waals surface area contributed by atoms with Crippen molar-refractivity contribution in [3.05, 3.63) is 0 Å². The molecule has 112 valence electrons. The number of carbonyl (C=O) groups is 1. The van der Waals surface area contributed by atoms with Gasteiger partial charge in [-0.3, -0.25) is 4.79 Å². The van der Waals surface area contributed by atoms with E-state index in [1.807, 2.05) is 0 Å². The van der Waals surface area contributed by atoms with Gasteiger partial charge in [0.1, 0.15) is 5.60 Å². The molecule has 19 heavy (non-hydrogen) atoms. The van der Waals surface area contributed by atoms with Crippen LogP contribution < -0.4 is 10.0 Å². The van der Waals surface area contributed by atoms with Gasteiger partial charge in [-0.15, -0.1) is 0 Å². The Balaban J connectivity index is 2.40. The molecule has 0 spiro atoms. The molecule has 2 atom stereocenters. The number of ether oxygens (including phenoxy) is 1. The van der Waals surface area contributed by atoms with Crippen LogP contribution in [0.2, 0.25) is 0 Å². The maximum absolute atomic E-state index is 11.7. The molecule has 0 bridgehead atoms. The van der Waals surface area contributed by atoms with Crippen LogP contribution in [0.25, 0.3) is 0 Å². The third-order valence-electron chi connectivity index (χ3n) is 2.90. The van der Waals surface area contributed by atoms with Gasteiger partial charge >= 0.3 is 0 Å². The summed E-state index contributed by atoms with van der Waals surface area (Å²) in [5.41, 5.74) is -1.04. The lowest BCUT2D eigenvalue weighted by atomic mass is 10.0. The normalized spacial score (nSPS) is 25.2. The number of amides is 1. The molecule has 0 aromatic rings. The van der Waals surface area contributed by atoms with Gasteiger partial charge in [0.15, 0.2) is 0 Å². The second kappa shape index (κ2) is 6.65. The Morgan fingerprint density at radius 3 is 2.74 bits per heavy atom. The van der Waals surface area contributed by atoms with E-state index in [-0.39, 0.29) is 18.9 Å². The Labute approximate surface area is 113 Å². The van der Waals surface area contributed by atoms with Crippen LogP contribution in [0.3, 0.4) is 0 Å². The Hall–Kier alpha value is -0.700. The highest BCUT2D eigenvalue weighted by Crippen LogP contribution is 2.16. The van der Waals surface area contributed by atoms with Gasteiger partial charge < -0.3 is 15.2 Å². The largest absolute Gasteiger partial charge is 0.386 e. The molecule has 0 radical (unpaired) electrons. The van der Waals surface area contributed by atoms with Crippen LogP contribution in [0.1, 0.15) is 26.7 Å². The van der Waals surface area contributed by atoms with Crippen molar-refractivity contribution in [3.8, 4) is 0 Å². The number of hydrogen-bond donors (Lipinski definition) is 3. The maximum Gasteiger partial charge on any atom is 0.237 e. The lowest BCUT2D eigenvalue weighted by Crippen LogP contribution is -2.50. The molecule has 0 aromatic carbocycles. The molecule has 7 nitrogen and oxygen atoms in total. The average molecular weight is 294 g/mol. The van der Waals surface area contributed by atoms with Crippen molar-refractivity contribution in [1.82, 2.24) is 10.0 Å². The second-order valence-electron chi connectivity index (χ2n) is 4.90. The van der Waals surface area contributed by atoms with Crippen molar-refractivity contribution >= 4 is 15.9 Å². The zero-order valence-corrected chi connectivity index (χ0v) is 12.1. The lowest BCUT2D eigenvalue weighted by molar-refractivity contribution is -0.123. The van der Waals surface area contributed by atoms with E-state index in [2.05, 4.69) is 10.0 Å². The van der Waals surface area contributed by atoms with E-state index in [4.69, 9.17) is 4.74 Å². The molecular formula is C11H22N2O5S. The second-order valence-corrected chi connectivity index (χ2v) is 6.78. The molecular weight excluding hydrogens is 272 g/mol. The van der Waals surface area contributed by atoms with E-state index in [9.17, 15) is 18.3 Å². The molecule has 1 aliphatic rings. The zero-order valence-electron chi connectivity index (χ0n) is 11.3. The Morgan fingerprint density at radius 1 is 1.53 bits per heavy atom. The van der Waals surface area contributed by atoms with Crippen molar-refractivity contribution in [2.75, 3.05) is 25.5 Å². The summed E-state index contributed by atoms with van der Waals surface area (Å²) in [5.74, 6) is -0.470. The molecule has 1 amide bonds. The quantitative estimate of drug-likeness (QED) is 0.557. The Kier molecular flexibility index (Phi) is 5.72. The van der Waals surface area contributed by atoms with Gasteiger partial charge in [0.25, 0.3) is 0 Å². The lowest BCUT2D eigenvalue weighted by Gasteiger charge is -2.22. The van der Waals surface area contributed by atoms with Crippen LogP contribution in [0.5, 0.6) is 0 Å². The predicted molar refractivity (Wildman–Crippen MR) is 70.1 cm³/mol. The fourth-order valence-corrected chi connectivity index (χ4v) is 3.09. The molecule has 3 N–H and O–H groups in total. The van der Waals surface area contributed by atoms with Crippen molar-refractivity contribution in [1.29, 1.82) is 0 Å². The third kappa shape index (κ3) is 5.43. The monoisotopic (exact) mass is 294 g/mol. The first kappa shape index (κ1) is 16.4. The van der Waals surface area contributed by atoms with E-state index in [1.165, 1.54) is 6.92 Å². The van der Waals surface area contributed by atoms with E-state index < -0.39 is 27.6 Å². The summed E-state index contributed by atoms with van der Waals surface area (Å²) < 4.78 is 30.4. The molecule has 2 unspecified atom stereocenters. The Morgan fingerprint density at radius 2 is 2.21 bits per heavy atom. The van der Waals surface area contributed by atoms with Gasteiger partial charge in [-0.05, 0) is 13.3 Å². The molecule has 1 fully saturated rings. The van der Waals surface area contributed by atoms with E-state index in [0.29, 0.717) is 19.4 Å². The number of sulfonamides is 1. The van der Waals surface area contributed by atoms with Crippen LogP contribution in [0, 0.1) is 0 Å². The fraction of sp³-hybridized carbons (Fsp3) is 0.909. The van der Waals surface area contributed by atoms with Crippen LogP contribution in [-0.2, 0) is 19.6 Å². The van der Waals surface area contributed by atoms with E-state index >= 15 is 0 Å². The summed E-state index contributed by atoms with van der Waals surface area (Å²) in [4.78, 5) is 11.7. The van der Waals surface area contributed by atoms with Gasteiger partial charge in [0.05, 0.1) is 18.4 Å². The van der Waals surface area contributed by atoms with E-state index in [1.54, 1.807) is 6.92 Å². The summed E-state index contributed by atoms with van der Waals surface area (Å²) in [7, 11) is -3.43. The summed E-state index contributed by atoms with van der Waals surface area (Å²) >= 11 is 0. The zero-order chi connectivity index (χ0) is 14.5. The topological polar surface area (TPSA) is 105 Å². The van der Waals surface area contributed by atoms with Crippen LogP contribution in [0.15, 0.2) is 0 Å². The maximum atomic E-state index is 11.7. The van der Waals surface area contributed by atoms with Crippen molar-refractivity contribution in [2.24, 2.45) is 0 Å². The number of aliphatic hydroxyl groups is 1. The van der Waals surface area contributed by atoms with Gasteiger partial charge in [-0.2, -0.15) is 0 Å². The standard InChI is InChI=1S/C11H22N2O5S/c1-3-6-19(16,17)13-9(2)10(14)12-7-11(15)4-5-18-8-11/h9,13,15H,3-8H2,1-2H3,(H,12,14). The highest BCUT2D eigenvalue weighted by atomic mass is 32.2. The third-order valence-corrected chi connectivity index (χ3v) is 4.56. The van der Waals surface area contributed by atoms with Gasteiger partial charge in [-0.25, -0.2) is 13.1 Å². The minimum atomic E-state index is -3.43. The number of nitrogens with one attached hydrogen (secondary N) is 2. The first-order valence-electron chi connectivity index (χ1n) is 6.36. The van der Waals surface area contributed by atoms with Gasteiger partial charge in [-0.1, -0.05) is 6.92 Å². The highest BCUT2D eigenvalue weighted by molar-refractivity contribution is 7.89. The molecule has 1 aliphatic heterocycles. The van der Waals surface area contributed by atoms with Crippen molar-refractivity contribution < 1.29 is 23.1 Å². The highest BCUT2D eigenvalue weighted by Gasteiger charge is 2.33. The van der Waals surface area contributed by atoms with E-state index in [0.717, 1.165) is 0 Å². The summed E-state index contributed by atoms with van der Waals surface area (Å²) in [5, 5.41) is 12.5. The molecule has 1 heterocycles. The van der Waals surface area contributed by atoms with Crippen LogP contribution >= 0.6 is 0 Å². The first-order valence-corrected chi connectivity index (χ1v) is 8.01. The van der Waals surface area contributed by atoms with Crippen molar-refractivity contribution in [3.63, 3.8) is 0 Å². The summed E-state index contributed by atoms with van der Waals surface area (Å²) in [6.07, 6.45) is 0.948. The average Bonchev–Trinajstić information content (AvgIpc) is 2.73. The number of rotatable bonds is 7. The first-order chi connectivity index (χ1) is 8.78. The van der Waals surface area contributed by atoms with Crippen LogP contribution in [0.4, 0.5) is 0 Å². The van der Waals surface area contributed by atoms with Gasteiger partial charge in [0.2, 0.25) is 15.9 Å². The minimum Gasteiger partial charge on any atom is -0.386 e. The molecule has 0 saturated carbocycles. The summed E-state index contributed by atoms with van der Waals surface area (Å²) in [6.45, 7) is 3.93. The smallest absolute Gasteiger partial charge is 0.237 e. The number of hydrogen-bond acceptors (Lipinski definition) is 5. The Bertz CT molecular complexity index is 403. The van der Waals surface area contributed by atoms with Crippen LogP contribution in [-0.4, -0.2) is 56.6 Å². The fourth-order valence-electron chi connectivity index (χ4n) is 1.79. The predicted octanol–water partition coefficient (Wildman–Crippen LogP) is -1.03. The molecule has 1 saturated heterocycles. The van der Waals surface area contributed by atoms with Crippen molar-refractivity contribution in [2.45, 2.75) is 38.3 Å². The van der Waals surface area contributed by atoms with Gasteiger partial charge in [0, 0.05) is 19.6 Å². The molecule has 8 heteroatoms. The minimum absolute atomic E-state index is 0.0115. The molecule has 0 aromatic heterocycles. The summed E-state index contributed by atoms with van der Waals surface area (Å²) in [6, 6.07) is -0.859. The molecule has 1 rings (SSSR count). The number of carbonyl (C=O) groups excluding carboxylic acids is 1. The molecule has 0 aliphatic carbocycles. The SMILES string of the molecule is CCCS(=O)(=O)NC(C)C(=O)NCC1(O)CCOC1.